The van der Waals surface area contributed by atoms with Crippen LogP contribution < -0.4 is 5.46 Å². The Kier molecular flexibility index (Phi) is 2.48. The summed E-state index contributed by atoms with van der Waals surface area (Å²) in [7, 11) is -0.283. The fraction of sp³-hybridized carbons (Fsp3) is 0.455. The van der Waals surface area contributed by atoms with E-state index in [1.807, 2.05) is 0 Å². The summed E-state index contributed by atoms with van der Waals surface area (Å²) in [4.78, 5) is 0. The molecule has 1 fully saturated rings. The molecular weight excluding hydrogens is 191 g/mol. The molecule has 0 spiro atoms. The highest BCUT2D eigenvalue weighted by Gasteiger charge is 2.44. The zero-order chi connectivity index (χ0) is 11.1. The smallest absolute Gasteiger partial charge is 0.497 e. The Bertz CT molecular complexity index is 336. The second kappa shape index (κ2) is 3.54. The molecule has 3 nitrogen and oxygen atoms in total. The molecule has 2 rings (SSSR count). The predicted molar refractivity (Wildman–Crippen MR) is 58.9 cm³/mol. The summed E-state index contributed by atoms with van der Waals surface area (Å²) in [5.41, 5.74) is 0.946. The zero-order valence-corrected chi connectivity index (χ0v) is 9.23. The van der Waals surface area contributed by atoms with Crippen LogP contribution in [-0.2, 0) is 9.31 Å². The van der Waals surface area contributed by atoms with E-state index in [4.69, 9.17) is 14.4 Å². The maximum Gasteiger partial charge on any atom is 0.497 e. The van der Waals surface area contributed by atoms with Crippen LogP contribution in [0.4, 0.5) is 0 Å². The first-order chi connectivity index (χ1) is 6.97. The summed E-state index contributed by atoms with van der Waals surface area (Å²) in [6.45, 7) is 6.22. The van der Waals surface area contributed by atoms with Crippen molar-refractivity contribution in [2.75, 3.05) is 0 Å². The molecule has 80 valence electrons. The molecule has 4 heteroatoms. The van der Waals surface area contributed by atoms with Crippen molar-refractivity contribution in [2.45, 2.75) is 27.1 Å². The minimum atomic E-state index is -0.283. The predicted octanol–water partition coefficient (Wildman–Crippen LogP) is 1.51. The van der Waals surface area contributed by atoms with Gasteiger partial charge in [-0.3, -0.25) is 0 Å². The fourth-order valence-corrected chi connectivity index (χ4v) is 1.43. The molecule has 1 saturated heterocycles. The van der Waals surface area contributed by atoms with Gasteiger partial charge in [0, 0.05) is 5.41 Å². The van der Waals surface area contributed by atoms with Crippen molar-refractivity contribution in [3.05, 3.63) is 24.3 Å². The average Bonchev–Trinajstić information content (AvgIpc) is 2.03. The molecule has 0 saturated carbocycles. The van der Waals surface area contributed by atoms with Crippen molar-refractivity contribution in [2.24, 2.45) is 5.41 Å². The maximum atomic E-state index is 9.13. The summed E-state index contributed by atoms with van der Waals surface area (Å²) in [5.74, 6) is 0.255. The van der Waals surface area contributed by atoms with Crippen molar-refractivity contribution in [3.63, 3.8) is 0 Å². The molecule has 1 aliphatic rings. The molecule has 1 aromatic rings. The van der Waals surface area contributed by atoms with Gasteiger partial charge < -0.3 is 14.4 Å². The third-order valence-electron chi connectivity index (χ3n) is 2.37. The molecule has 1 aromatic carbocycles. The van der Waals surface area contributed by atoms with Crippen LogP contribution in [0.1, 0.15) is 20.8 Å². The van der Waals surface area contributed by atoms with Gasteiger partial charge in [-0.15, -0.1) is 0 Å². The van der Waals surface area contributed by atoms with Crippen LogP contribution in [0.25, 0.3) is 0 Å². The summed E-state index contributed by atoms with van der Waals surface area (Å²) in [6, 6.07) is 6.87. The molecule has 1 N–H and O–H groups in total. The van der Waals surface area contributed by atoms with Gasteiger partial charge in [0.05, 0.1) is 0 Å². The van der Waals surface area contributed by atoms with Crippen molar-refractivity contribution in [1.29, 1.82) is 0 Å². The van der Waals surface area contributed by atoms with E-state index >= 15 is 0 Å². The molecule has 0 aliphatic carbocycles. The minimum absolute atomic E-state index is 0.00736. The van der Waals surface area contributed by atoms with E-state index in [0.29, 0.717) is 0 Å². The third-order valence-corrected chi connectivity index (χ3v) is 2.37. The number of hydrogen-bond acceptors (Lipinski definition) is 3. The highest BCUT2D eigenvalue weighted by Crippen LogP contribution is 2.30. The highest BCUT2D eigenvalue weighted by molar-refractivity contribution is 6.62. The Labute approximate surface area is 90.2 Å². The number of benzene rings is 1. The largest absolute Gasteiger partial charge is 0.508 e. The van der Waals surface area contributed by atoms with Crippen LogP contribution in [0.5, 0.6) is 5.75 Å². The Morgan fingerprint density at radius 1 is 1.13 bits per heavy atom. The van der Waals surface area contributed by atoms with Gasteiger partial charge in [0.2, 0.25) is 0 Å². The van der Waals surface area contributed by atoms with Gasteiger partial charge in [0.25, 0.3) is 0 Å². The molecule has 0 unspecified atom stereocenters. The fourth-order valence-electron chi connectivity index (χ4n) is 1.43. The van der Waals surface area contributed by atoms with E-state index < -0.39 is 0 Å². The van der Waals surface area contributed by atoms with Gasteiger partial charge in [-0.05, 0) is 17.6 Å². The van der Waals surface area contributed by atoms with Crippen LogP contribution in [0.15, 0.2) is 24.3 Å². The summed E-state index contributed by atoms with van der Waals surface area (Å²) < 4.78 is 11.3. The molecule has 0 aromatic heterocycles. The van der Waals surface area contributed by atoms with E-state index in [1.165, 1.54) is 0 Å². The maximum absolute atomic E-state index is 9.13. The van der Waals surface area contributed by atoms with Gasteiger partial charge in [0.1, 0.15) is 12.0 Å². The number of phenolic OH excluding ortho intramolecular Hbond substituents is 1. The summed E-state index contributed by atoms with van der Waals surface area (Å²) >= 11 is 0. The van der Waals surface area contributed by atoms with Gasteiger partial charge in [0.15, 0.2) is 0 Å². The lowest BCUT2D eigenvalue weighted by Gasteiger charge is -2.42. The van der Waals surface area contributed by atoms with E-state index in [9.17, 15) is 0 Å². The number of phenols is 1. The van der Waals surface area contributed by atoms with Crippen LogP contribution in [0, 0.1) is 5.41 Å². The van der Waals surface area contributed by atoms with Gasteiger partial charge in [-0.25, -0.2) is 0 Å². The second-order valence-corrected chi connectivity index (χ2v) is 4.89. The van der Waals surface area contributed by atoms with Gasteiger partial charge >= 0.3 is 7.12 Å². The van der Waals surface area contributed by atoms with Crippen LogP contribution in [0.3, 0.4) is 0 Å². The average molecular weight is 206 g/mol. The lowest BCUT2D eigenvalue weighted by molar-refractivity contribution is -0.167. The van der Waals surface area contributed by atoms with Gasteiger partial charge in [-0.1, -0.05) is 32.9 Å². The molecule has 15 heavy (non-hydrogen) atoms. The van der Waals surface area contributed by atoms with E-state index in [2.05, 4.69) is 20.8 Å². The minimum Gasteiger partial charge on any atom is -0.508 e. The van der Waals surface area contributed by atoms with Crippen LogP contribution >= 0.6 is 0 Å². The molecule has 0 radical (unpaired) electrons. The van der Waals surface area contributed by atoms with Gasteiger partial charge in [-0.2, -0.15) is 0 Å². The topological polar surface area (TPSA) is 38.7 Å². The van der Waals surface area contributed by atoms with Crippen molar-refractivity contribution < 1.29 is 14.4 Å². The second-order valence-electron chi connectivity index (χ2n) is 4.89. The summed E-state index contributed by atoms with van der Waals surface area (Å²) in [6.07, 6.45) is -0.142. The van der Waals surface area contributed by atoms with Crippen LogP contribution in [0.2, 0.25) is 0 Å². The highest BCUT2D eigenvalue weighted by atomic mass is 16.8. The molecular formula is C11H15BO3. The summed E-state index contributed by atoms with van der Waals surface area (Å²) in [5, 5.41) is 9.13. The van der Waals surface area contributed by atoms with Crippen molar-refractivity contribution in [3.8, 4) is 5.75 Å². The SMILES string of the molecule is CC(C)(C)C1OB(c2ccc(O)cc2)O1. The Morgan fingerprint density at radius 3 is 2.13 bits per heavy atom. The number of rotatable bonds is 1. The molecule has 1 aliphatic heterocycles. The first kappa shape index (κ1) is 10.5. The first-order valence-corrected chi connectivity index (χ1v) is 5.07. The molecule has 0 bridgehead atoms. The Balaban J connectivity index is 1.98. The monoisotopic (exact) mass is 206 g/mol. The lowest BCUT2D eigenvalue weighted by Crippen LogP contribution is -2.57. The standard InChI is InChI=1S/C11H15BO3/c1-11(2,3)10-14-12(15-10)8-4-6-9(13)7-5-8/h4-7,10,13H,1-3H3. The van der Waals surface area contributed by atoms with Crippen LogP contribution in [-0.4, -0.2) is 18.5 Å². The number of aromatic hydroxyl groups is 1. The van der Waals surface area contributed by atoms with Crippen molar-refractivity contribution in [1.82, 2.24) is 0 Å². The number of hydrogen-bond donors (Lipinski definition) is 1. The normalized spacial score (nSPS) is 17.7. The van der Waals surface area contributed by atoms with E-state index in [0.717, 1.165) is 5.46 Å². The van der Waals surface area contributed by atoms with E-state index in [1.54, 1.807) is 24.3 Å². The molecule has 0 atom stereocenters. The Morgan fingerprint density at radius 2 is 1.67 bits per heavy atom. The first-order valence-electron chi connectivity index (χ1n) is 5.07. The van der Waals surface area contributed by atoms with E-state index in [-0.39, 0.29) is 24.6 Å². The lowest BCUT2D eigenvalue weighted by atomic mass is 9.74. The van der Waals surface area contributed by atoms with Crippen molar-refractivity contribution >= 4 is 12.6 Å². The zero-order valence-electron chi connectivity index (χ0n) is 9.23. The quantitative estimate of drug-likeness (QED) is 0.707. The molecule has 1 heterocycles. The Hall–Kier alpha value is -0.995. The molecule has 0 amide bonds. The third kappa shape index (κ3) is 2.16.